The molecule has 2 N–H and O–H groups in total. The molecule has 86 valence electrons. The van der Waals surface area contributed by atoms with Gasteiger partial charge in [0, 0.05) is 5.56 Å². The molecule has 1 aromatic carbocycles. The van der Waals surface area contributed by atoms with Crippen LogP contribution in [-0.2, 0) is 0 Å². The van der Waals surface area contributed by atoms with Gasteiger partial charge in [0.25, 0.3) is 0 Å². The predicted molar refractivity (Wildman–Crippen MR) is 62.8 cm³/mol. The second-order valence-corrected chi connectivity index (χ2v) is 2.52. The molecule has 1 aromatic rings. The number of carbonyl (C=O) groups is 2. The van der Waals surface area contributed by atoms with Crippen LogP contribution in [0.3, 0.4) is 0 Å². The molecule has 1 rings (SSSR count). The van der Waals surface area contributed by atoms with Gasteiger partial charge in [0.2, 0.25) is 0 Å². The summed E-state index contributed by atoms with van der Waals surface area (Å²) < 4.78 is 0. The summed E-state index contributed by atoms with van der Waals surface area (Å²) in [6, 6.07) is 3.72. The van der Waals surface area contributed by atoms with Crippen molar-refractivity contribution in [1.82, 2.24) is 0 Å². The fraction of sp³-hybridized carbons (Fsp3) is 0. The van der Waals surface area contributed by atoms with E-state index in [1.54, 1.807) is 0 Å². The number of terminal acetylenes is 1. The van der Waals surface area contributed by atoms with Crippen molar-refractivity contribution < 1.29 is 19.8 Å². The Hall–Kier alpha value is -1.70. The number of halogens is 2. The minimum absolute atomic E-state index is 0. The summed E-state index contributed by atoms with van der Waals surface area (Å²) in [4.78, 5) is 21.3. The average molecular weight is 263 g/mol. The van der Waals surface area contributed by atoms with E-state index < -0.39 is 11.9 Å². The first-order chi connectivity index (χ1) is 6.56. The largest absolute Gasteiger partial charge is 0.478 e. The molecule has 16 heavy (non-hydrogen) atoms. The minimum atomic E-state index is -1.31. The van der Waals surface area contributed by atoms with Gasteiger partial charge in [-0.1, -0.05) is 5.92 Å². The third-order valence-electron chi connectivity index (χ3n) is 1.65. The third kappa shape index (κ3) is 3.46. The molecule has 0 amide bonds. The Morgan fingerprint density at radius 3 is 1.94 bits per heavy atom. The van der Waals surface area contributed by atoms with Gasteiger partial charge in [-0.2, -0.15) is 0 Å². The normalized spacial score (nSPS) is 7.94. The number of carboxylic acid groups (broad SMARTS) is 2. The zero-order valence-electron chi connectivity index (χ0n) is 7.84. The summed E-state index contributed by atoms with van der Waals surface area (Å²) in [5.74, 6) is -0.360. The maximum Gasteiger partial charge on any atom is 0.336 e. The van der Waals surface area contributed by atoms with Crippen LogP contribution in [0.1, 0.15) is 26.3 Å². The van der Waals surface area contributed by atoms with Crippen LogP contribution in [0.25, 0.3) is 0 Å². The number of hydrogen-bond acceptors (Lipinski definition) is 2. The molecule has 0 heterocycles. The fourth-order valence-electron chi connectivity index (χ4n) is 0.997. The van der Waals surface area contributed by atoms with Crippen molar-refractivity contribution in [2.75, 3.05) is 0 Å². The van der Waals surface area contributed by atoms with E-state index in [0.717, 1.165) is 6.07 Å². The summed E-state index contributed by atoms with van der Waals surface area (Å²) in [6.45, 7) is 0. The number of aromatic carboxylic acids is 2. The van der Waals surface area contributed by atoms with Crippen molar-refractivity contribution in [1.29, 1.82) is 0 Å². The Balaban J connectivity index is 0. The zero-order valence-corrected chi connectivity index (χ0v) is 9.47. The molecule has 0 atom stereocenters. The Labute approximate surface area is 104 Å². The van der Waals surface area contributed by atoms with Crippen molar-refractivity contribution in [2.24, 2.45) is 0 Å². The van der Waals surface area contributed by atoms with Crippen LogP contribution in [0.4, 0.5) is 0 Å². The van der Waals surface area contributed by atoms with Gasteiger partial charge >= 0.3 is 11.9 Å². The van der Waals surface area contributed by atoms with E-state index in [2.05, 4.69) is 5.92 Å². The highest BCUT2D eigenvalue weighted by Gasteiger charge is 2.15. The van der Waals surface area contributed by atoms with Crippen LogP contribution < -0.4 is 0 Å². The Bertz CT molecular complexity index is 449. The smallest absolute Gasteiger partial charge is 0.336 e. The van der Waals surface area contributed by atoms with E-state index in [9.17, 15) is 9.59 Å². The van der Waals surface area contributed by atoms with Gasteiger partial charge in [0.1, 0.15) is 0 Å². The van der Waals surface area contributed by atoms with Crippen molar-refractivity contribution in [2.45, 2.75) is 0 Å². The van der Waals surface area contributed by atoms with Crippen LogP contribution in [-0.4, -0.2) is 22.2 Å². The van der Waals surface area contributed by atoms with Crippen molar-refractivity contribution >= 4 is 36.8 Å². The van der Waals surface area contributed by atoms with Crippen LogP contribution >= 0.6 is 24.8 Å². The van der Waals surface area contributed by atoms with Crippen LogP contribution in [0, 0.1) is 12.3 Å². The lowest BCUT2D eigenvalue weighted by Gasteiger charge is -2.01. The van der Waals surface area contributed by atoms with E-state index in [0.29, 0.717) is 5.56 Å². The molecular weight excluding hydrogens is 255 g/mol. The van der Waals surface area contributed by atoms with Gasteiger partial charge in [-0.05, 0) is 18.2 Å². The number of hydrogen-bond donors (Lipinski definition) is 2. The standard InChI is InChI=1S/C10H6O4.2ClH/c1-2-6-3-4-7(9(11)12)8(5-6)10(13)14;;/h1,3-5H,(H,11,12)(H,13,14);2*1H. The van der Waals surface area contributed by atoms with E-state index >= 15 is 0 Å². The lowest BCUT2D eigenvalue weighted by atomic mass is 10.0. The van der Waals surface area contributed by atoms with Crippen molar-refractivity contribution in [3.05, 3.63) is 34.9 Å². The Kier molecular flexibility index (Phi) is 7.03. The second-order valence-electron chi connectivity index (χ2n) is 2.52. The number of benzene rings is 1. The van der Waals surface area contributed by atoms with Gasteiger partial charge in [-0.3, -0.25) is 0 Å². The molecule has 0 spiro atoms. The van der Waals surface area contributed by atoms with Gasteiger partial charge in [0.05, 0.1) is 11.1 Å². The lowest BCUT2D eigenvalue weighted by Crippen LogP contribution is -2.08. The third-order valence-corrected chi connectivity index (χ3v) is 1.65. The van der Waals surface area contributed by atoms with Gasteiger partial charge < -0.3 is 10.2 Å². The molecule has 0 bridgehead atoms. The summed E-state index contributed by atoms with van der Waals surface area (Å²) in [6.07, 6.45) is 5.05. The number of carboxylic acids is 2. The van der Waals surface area contributed by atoms with Crippen LogP contribution in [0.15, 0.2) is 18.2 Å². The molecule has 0 aliphatic rings. The predicted octanol–water partition coefficient (Wildman–Crippen LogP) is 1.91. The SMILES string of the molecule is C#Cc1ccc(C(=O)O)c(C(=O)O)c1.Cl.Cl. The second kappa shape index (κ2) is 6.72. The lowest BCUT2D eigenvalue weighted by molar-refractivity contribution is 0.0651. The van der Waals surface area contributed by atoms with Crippen molar-refractivity contribution in [3.8, 4) is 12.3 Å². The van der Waals surface area contributed by atoms with Crippen molar-refractivity contribution in [3.63, 3.8) is 0 Å². The molecule has 0 saturated heterocycles. The maximum atomic E-state index is 10.7. The summed E-state index contributed by atoms with van der Waals surface area (Å²) in [5.41, 5.74) is -0.225. The fourth-order valence-corrected chi connectivity index (χ4v) is 0.997. The average Bonchev–Trinajstić information content (AvgIpc) is 2.16. The van der Waals surface area contributed by atoms with Crippen LogP contribution in [0.5, 0.6) is 0 Å². The van der Waals surface area contributed by atoms with E-state index in [1.807, 2.05) is 0 Å². The quantitative estimate of drug-likeness (QED) is 0.799. The summed E-state index contributed by atoms with van der Waals surface area (Å²) in [5, 5.41) is 17.4. The summed E-state index contributed by atoms with van der Waals surface area (Å²) in [7, 11) is 0. The van der Waals surface area contributed by atoms with Gasteiger partial charge in [0.15, 0.2) is 0 Å². The molecule has 0 aromatic heterocycles. The van der Waals surface area contributed by atoms with Gasteiger partial charge in [-0.25, -0.2) is 9.59 Å². The Morgan fingerprint density at radius 2 is 1.56 bits per heavy atom. The molecule has 0 unspecified atom stereocenters. The van der Waals surface area contributed by atoms with Gasteiger partial charge in [-0.15, -0.1) is 31.2 Å². The molecule has 0 saturated carbocycles. The zero-order chi connectivity index (χ0) is 10.7. The van der Waals surface area contributed by atoms with E-state index in [4.69, 9.17) is 16.6 Å². The first-order valence-corrected chi connectivity index (χ1v) is 3.63. The van der Waals surface area contributed by atoms with Crippen LogP contribution in [0.2, 0.25) is 0 Å². The minimum Gasteiger partial charge on any atom is -0.478 e. The molecule has 0 radical (unpaired) electrons. The monoisotopic (exact) mass is 262 g/mol. The van der Waals surface area contributed by atoms with E-state index in [1.165, 1.54) is 12.1 Å². The molecule has 0 fully saturated rings. The first kappa shape index (κ1) is 16.7. The first-order valence-electron chi connectivity index (χ1n) is 3.63. The molecule has 6 heteroatoms. The molecule has 0 aliphatic heterocycles. The summed E-state index contributed by atoms with van der Waals surface area (Å²) >= 11 is 0. The highest BCUT2D eigenvalue weighted by Crippen LogP contribution is 2.11. The maximum absolute atomic E-state index is 10.7. The Morgan fingerprint density at radius 1 is 1.06 bits per heavy atom. The molecule has 0 aliphatic carbocycles. The number of rotatable bonds is 2. The molecular formula is C10H8Cl2O4. The van der Waals surface area contributed by atoms with E-state index in [-0.39, 0.29) is 35.9 Å². The molecule has 4 nitrogen and oxygen atoms in total. The highest BCUT2D eigenvalue weighted by atomic mass is 35.5. The highest BCUT2D eigenvalue weighted by molar-refractivity contribution is 6.01. The topological polar surface area (TPSA) is 74.6 Å².